The van der Waals surface area contributed by atoms with E-state index in [4.69, 9.17) is 31.7 Å². The van der Waals surface area contributed by atoms with Gasteiger partial charge in [0.05, 0.1) is 0 Å². The minimum absolute atomic E-state index is 0.381. The van der Waals surface area contributed by atoms with Crippen LogP contribution in [-0.4, -0.2) is 34.0 Å². The molecule has 148 valence electrons. The number of halogens is 4. The number of carboxylic acid groups (broad SMARTS) is 1. The third kappa shape index (κ3) is 6.21. The van der Waals surface area contributed by atoms with Crippen molar-refractivity contribution in [3.63, 3.8) is 0 Å². The minimum atomic E-state index is -5.08. The Hall–Kier alpha value is -2.13. The summed E-state index contributed by atoms with van der Waals surface area (Å²) >= 11 is 5.88. The lowest BCUT2D eigenvalue weighted by molar-refractivity contribution is -0.192. The molecule has 0 saturated heterocycles. The van der Waals surface area contributed by atoms with Gasteiger partial charge in [0.15, 0.2) is 0 Å². The Morgan fingerprint density at radius 2 is 1.74 bits per heavy atom. The summed E-state index contributed by atoms with van der Waals surface area (Å²) in [5, 5.41) is 16.2. The molecule has 1 aliphatic carbocycles. The summed E-state index contributed by atoms with van der Waals surface area (Å²) in [6.07, 6.45) is -0.603. The second-order valence-electron chi connectivity index (χ2n) is 6.21. The quantitative estimate of drug-likeness (QED) is 0.791. The molecule has 6 nitrogen and oxygen atoms in total. The molecule has 2 aromatic rings. The lowest BCUT2D eigenvalue weighted by Gasteiger charge is -2.25. The molecule has 0 spiro atoms. The summed E-state index contributed by atoms with van der Waals surface area (Å²) < 4.78 is 37.6. The van der Waals surface area contributed by atoms with E-state index in [2.05, 4.69) is 10.2 Å². The van der Waals surface area contributed by atoms with Crippen LogP contribution in [0.5, 0.6) is 0 Å². The molecule has 3 rings (SSSR count). The van der Waals surface area contributed by atoms with Gasteiger partial charge in [0.25, 0.3) is 0 Å². The molecule has 10 heteroatoms. The summed E-state index contributed by atoms with van der Waals surface area (Å²) in [4.78, 5) is 8.90. The highest BCUT2D eigenvalue weighted by atomic mass is 35.5. The maximum atomic E-state index is 10.6. The monoisotopic (exact) mass is 405 g/mol. The average molecular weight is 406 g/mol. The van der Waals surface area contributed by atoms with Gasteiger partial charge in [-0.05, 0) is 62.4 Å². The van der Waals surface area contributed by atoms with Crippen LogP contribution in [0.1, 0.15) is 37.5 Å². The lowest BCUT2D eigenvalue weighted by atomic mass is 9.82. The molecular weight excluding hydrogens is 387 g/mol. The molecule has 0 bridgehead atoms. The number of hydrogen-bond donors (Lipinski definition) is 2. The van der Waals surface area contributed by atoms with E-state index in [9.17, 15) is 13.2 Å². The predicted molar refractivity (Wildman–Crippen MR) is 92.2 cm³/mol. The molecule has 0 unspecified atom stereocenters. The first-order valence-electron chi connectivity index (χ1n) is 8.30. The summed E-state index contributed by atoms with van der Waals surface area (Å²) in [5.74, 6) is -0.396. The molecule has 0 aliphatic heterocycles. The molecule has 0 amide bonds. The van der Waals surface area contributed by atoms with Gasteiger partial charge in [-0.1, -0.05) is 11.6 Å². The van der Waals surface area contributed by atoms with Gasteiger partial charge in [0.1, 0.15) is 0 Å². The van der Waals surface area contributed by atoms with Crippen molar-refractivity contribution in [1.29, 1.82) is 0 Å². The maximum absolute atomic E-state index is 10.6. The molecule has 1 aromatic carbocycles. The van der Waals surface area contributed by atoms with Gasteiger partial charge in [-0.15, -0.1) is 10.2 Å². The van der Waals surface area contributed by atoms with E-state index in [0.29, 0.717) is 22.7 Å². The van der Waals surface area contributed by atoms with E-state index in [1.54, 1.807) is 0 Å². The zero-order valence-corrected chi connectivity index (χ0v) is 15.0. The number of rotatable bonds is 3. The van der Waals surface area contributed by atoms with Crippen LogP contribution < -0.4 is 5.73 Å². The molecule has 1 aliphatic rings. The minimum Gasteiger partial charge on any atom is -0.475 e. The van der Waals surface area contributed by atoms with Crippen molar-refractivity contribution < 1.29 is 27.5 Å². The van der Waals surface area contributed by atoms with Crippen molar-refractivity contribution in [2.45, 2.75) is 37.8 Å². The number of hydrogen-bond acceptors (Lipinski definition) is 5. The first-order chi connectivity index (χ1) is 12.7. The van der Waals surface area contributed by atoms with E-state index in [1.165, 1.54) is 0 Å². The van der Waals surface area contributed by atoms with Crippen molar-refractivity contribution in [2.24, 2.45) is 11.7 Å². The van der Waals surface area contributed by atoms with E-state index in [-0.39, 0.29) is 0 Å². The Morgan fingerprint density at radius 3 is 2.22 bits per heavy atom. The summed E-state index contributed by atoms with van der Waals surface area (Å²) in [7, 11) is 0. The lowest BCUT2D eigenvalue weighted by Crippen LogP contribution is -2.21. The molecule has 1 saturated carbocycles. The van der Waals surface area contributed by atoms with Crippen molar-refractivity contribution in [1.82, 2.24) is 10.2 Å². The van der Waals surface area contributed by atoms with Gasteiger partial charge < -0.3 is 15.3 Å². The number of carbonyl (C=O) groups is 1. The number of nitrogens with zero attached hydrogens (tertiary/aromatic N) is 2. The topological polar surface area (TPSA) is 102 Å². The molecular formula is C17H19ClF3N3O3. The number of alkyl halides is 3. The molecule has 3 N–H and O–H groups in total. The van der Waals surface area contributed by atoms with Crippen LogP contribution in [0, 0.1) is 5.92 Å². The largest absolute Gasteiger partial charge is 0.490 e. The fourth-order valence-corrected chi connectivity index (χ4v) is 2.88. The highest BCUT2D eigenvalue weighted by Gasteiger charge is 2.38. The van der Waals surface area contributed by atoms with Crippen LogP contribution in [0.2, 0.25) is 5.02 Å². The Bertz CT molecular complexity index is 742. The summed E-state index contributed by atoms with van der Waals surface area (Å²) in [6, 6.07) is 7.44. The Kier molecular flexibility index (Phi) is 7.20. The first-order valence-corrected chi connectivity index (χ1v) is 8.68. The SMILES string of the molecule is NC[C@H]1CC[C@H](c2nnc(-c3ccc(Cl)cc3)o2)CC1.O=C(O)C(F)(F)F. The number of nitrogens with two attached hydrogens (primary N) is 1. The molecule has 0 atom stereocenters. The van der Waals surface area contributed by atoms with Gasteiger partial charge in [-0.3, -0.25) is 0 Å². The molecule has 27 heavy (non-hydrogen) atoms. The maximum Gasteiger partial charge on any atom is 0.490 e. The fourth-order valence-electron chi connectivity index (χ4n) is 2.75. The smallest absolute Gasteiger partial charge is 0.475 e. The van der Waals surface area contributed by atoms with Gasteiger partial charge in [0.2, 0.25) is 11.8 Å². The van der Waals surface area contributed by atoms with Crippen molar-refractivity contribution in [3.8, 4) is 11.5 Å². The van der Waals surface area contributed by atoms with Crippen LogP contribution in [0.25, 0.3) is 11.5 Å². The van der Waals surface area contributed by atoms with Gasteiger partial charge in [-0.25, -0.2) is 4.79 Å². The van der Waals surface area contributed by atoms with Crippen molar-refractivity contribution >= 4 is 17.6 Å². The second-order valence-corrected chi connectivity index (χ2v) is 6.65. The van der Waals surface area contributed by atoms with Crippen LogP contribution in [0.3, 0.4) is 0 Å². The highest BCUT2D eigenvalue weighted by molar-refractivity contribution is 6.30. The van der Waals surface area contributed by atoms with Crippen LogP contribution in [0.4, 0.5) is 13.2 Å². The van der Waals surface area contributed by atoms with Crippen molar-refractivity contribution in [2.75, 3.05) is 6.54 Å². The zero-order valence-electron chi connectivity index (χ0n) is 14.2. The summed E-state index contributed by atoms with van der Waals surface area (Å²) in [5.41, 5.74) is 6.62. The second kappa shape index (κ2) is 9.18. The Morgan fingerprint density at radius 1 is 1.19 bits per heavy atom. The van der Waals surface area contributed by atoms with E-state index < -0.39 is 12.1 Å². The van der Waals surface area contributed by atoms with E-state index in [0.717, 1.165) is 43.7 Å². The Labute approximate surface area is 158 Å². The molecule has 0 radical (unpaired) electrons. The Balaban J connectivity index is 0.000000321. The van der Waals surface area contributed by atoms with Gasteiger partial charge >= 0.3 is 12.1 Å². The zero-order chi connectivity index (χ0) is 20.0. The average Bonchev–Trinajstić information content (AvgIpc) is 3.12. The third-order valence-corrected chi connectivity index (χ3v) is 4.56. The van der Waals surface area contributed by atoms with Gasteiger partial charge in [-0.2, -0.15) is 13.2 Å². The standard InChI is InChI=1S/C15H18ClN3O.C2HF3O2/c16-13-7-5-12(6-8-13)15-19-18-14(20-15)11-3-1-10(9-17)2-4-11;3-2(4,5)1(6)7/h5-8,10-11H,1-4,9,17H2;(H,6,7)/t10-,11-;. The summed E-state index contributed by atoms with van der Waals surface area (Å²) in [6.45, 7) is 0.784. The normalized spacial score (nSPS) is 19.9. The van der Waals surface area contributed by atoms with Crippen LogP contribution in [-0.2, 0) is 4.79 Å². The van der Waals surface area contributed by atoms with Crippen molar-refractivity contribution in [3.05, 3.63) is 35.2 Å². The number of benzene rings is 1. The number of aromatic nitrogens is 2. The predicted octanol–water partition coefficient (Wildman–Crippen LogP) is 4.26. The van der Waals surface area contributed by atoms with Gasteiger partial charge in [0, 0.05) is 16.5 Å². The first kappa shape index (κ1) is 21.2. The number of carboxylic acids is 1. The number of aliphatic carboxylic acids is 1. The van der Waals surface area contributed by atoms with Crippen LogP contribution in [0.15, 0.2) is 28.7 Å². The van der Waals surface area contributed by atoms with Crippen LogP contribution >= 0.6 is 11.6 Å². The molecule has 1 aromatic heterocycles. The fraction of sp³-hybridized carbons (Fsp3) is 0.471. The highest BCUT2D eigenvalue weighted by Crippen LogP contribution is 2.35. The van der Waals surface area contributed by atoms with E-state index in [1.807, 2.05) is 24.3 Å². The van der Waals surface area contributed by atoms with E-state index >= 15 is 0 Å². The molecule has 1 fully saturated rings. The third-order valence-electron chi connectivity index (χ3n) is 4.30. The molecule has 1 heterocycles.